The molecule has 6 heteroatoms. The van der Waals surface area contributed by atoms with Crippen LogP contribution in [0.1, 0.15) is 12.2 Å². The molecule has 0 radical (unpaired) electrons. The fourth-order valence-electron chi connectivity index (χ4n) is 1.66. The van der Waals surface area contributed by atoms with E-state index in [1.807, 2.05) is 0 Å². The topological polar surface area (TPSA) is 66.0 Å². The zero-order valence-corrected chi connectivity index (χ0v) is 11.1. The van der Waals surface area contributed by atoms with Gasteiger partial charge in [-0.1, -0.05) is 15.9 Å². The van der Waals surface area contributed by atoms with Crippen molar-refractivity contribution in [2.45, 2.75) is 18.9 Å². The first-order valence-electron chi connectivity index (χ1n) is 5.52. The van der Waals surface area contributed by atoms with Crippen LogP contribution in [0.15, 0.2) is 23.0 Å². The van der Waals surface area contributed by atoms with Gasteiger partial charge in [-0.2, -0.15) is 0 Å². The van der Waals surface area contributed by atoms with E-state index in [0.717, 1.165) is 0 Å². The minimum absolute atomic E-state index is 0.289. The first kappa shape index (κ1) is 13.2. The first-order chi connectivity index (χ1) is 8.60. The molecule has 1 atom stereocenters. The fourth-order valence-corrected chi connectivity index (χ4v) is 1.98. The number of aromatic nitrogens is 2. The van der Waals surface area contributed by atoms with E-state index in [4.69, 9.17) is 0 Å². The van der Waals surface area contributed by atoms with Gasteiger partial charge in [-0.05, 0) is 18.6 Å². The average molecular weight is 315 g/mol. The summed E-state index contributed by atoms with van der Waals surface area (Å²) in [5.41, 5.74) is 0.0467. The normalized spacial score (nSPS) is 12.8. The summed E-state index contributed by atoms with van der Waals surface area (Å²) in [6.45, 7) is 0. The molecule has 4 nitrogen and oxygen atoms in total. The summed E-state index contributed by atoms with van der Waals surface area (Å²) in [6.07, 6.45) is 0.433. The molecule has 0 saturated heterocycles. The molecule has 1 unspecified atom stereocenters. The van der Waals surface area contributed by atoms with E-state index in [0.29, 0.717) is 34.9 Å². The third-order valence-corrected chi connectivity index (χ3v) is 3.36. The van der Waals surface area contributed by atoms with Gasteiger partial charge in [0.1, 0.15) is 11.6 Å². The van der Waals surface area contributed by atoms with Gasteiger partial charge in [0.25, 0.3) is 5.56 Å². The number of benzene rings is 1. The lowest BCUT2D eigenvalue weighted by molar-refractivity contribution is 0.190. The summed E-state index contributed by atoms with van der Waals surface area (Å²) in [7, 11) is 0. The summed E-state index contributed by atoms with van der Waals surface area (Å²) in [6, 6.07) is 3.87. The van der Waals surface area contributed by atoms with Gasteiger partial charge < -0.3 is 10.1 Å². The molecular weight excluding hydrogens is 303 g/mol. The highest BCUT2D eigenvalue weighted by molar-refractivity contribution is 9.09. The van der Waals surface area contributed by atoms with Crippen molar-refractivity contribution < 1.29 is 9.50 Å². The van der Waals surface area contributed by atoms with Crippen LogP contribution in [0, 0.1) is 5.82 Å². The number of hydrogen-bond donors (Lipinski definition) is 2. The summed E-state index contributed by atoms with van der Waals surface area (Å²) < 4.78 is 13.1. The van der Waals surface area contributed by atoms with Gasteiger partial charge >= 0.3 is 0 Å². The SMILES string of the molecule is O=c1[nH]c(CCC(O)CBr)nc2cc(F)ccc12. The van der Waals surface area contributed by atoms with Crippen LogP contribution in [-0.2, 0) is 6.42 Å². The monoisotopic (exact) mass is 314 g/mol. The quantitative estimate of drug-likeness (QED) is 0.845. The Kier molecular flexibility index (Phi) is 4.08. The third-order valence-electron chi connectivity index (χ3n) is 2.61. The van der Waals surface area contributed by atoms with E-state index in [1.54, 1.807) is 0 Å². The van der Waals surface area contributed by atoms with E-state index >= 15 is 0 Å². The maximum atomic E-state index is 13.1. The molecular formula is C12H12BrFN2O2. The van der Waals surface area contributed by atoms with Crippen LogP contribution < -0.4 is 5.56 Å². The summed E-state index contributed by atoms with van der Waals surface area (Å²) in [4.78, 5) is 18.6. The van der Waals surface area contributed by atoms with Crippen LogP contribution >= 0.6 is 15.9 Å². The highest BCUT2D eigenvalue weighted by Crippen LogP contribution is 2.10. The van der Waals surface area contributed by atoms with Crippen molar-refractivity contribution in [3.63, 3.8) is 0 Å². The van der Waals surface area contributed by atoms with Gasteiger partial charge in [0.15, 0.2) is 0 Å². The van der Waals surface area contributed by atoms with Crippen LogP contribution in [0.2, 0.25) is 0 Å². The summed E-state index contributed by atoms with van der Waals surface area (Å²) in [5, 5.41) is 10.3. The maximum Gasteiger partial charge on any atom is 0.258 e. The van der Waals surface area contributed by atoms with Gasteiger partial charge in [-0.25, -0.2) is 9.37 Å². The lowest BCUT2D eigenvalue weighted by atomic mass is 10.2. The van der Waals surface area contributed by atoms with Crippen LogP contribution in [0.3, 0.4) is 0 Å². The average Bonchev–Trinajstić information content (AvgIpc) is 2.35. The number of rotatable bonds is 4. The van der Waals surface area contributed by atoms with Gasteiger partial charge in [-0.3, -0.25) is 4.79 Å². The highest BCUT2D eigenvalue weighted by Gasteiger charge is 2.07. The van der Waals surface area contributed by atoms with E-state index in [1.165, 1.54) is 18.2 Å². The van der Waals surface area contributed by atoms with E-state index in [9.17, 15) is 14.3 Å². The molecule has 0 aliphatic rings. The van der Waals surface area contributed by atoms with Gasteiger partial charge in [0.05, 0.1) is 17.0 Å². The summed E-state index contributed by atoms with van der Waals surface area (Å²) in [5.74, 6) is 0.0325. The molecule has 0 fully saturated rings. The van der Waals surface area contributed by atoms with Crippen molar-refractivity contribution in [1.82, 2.24) is 9.97 Å². The Balaban J connectivity index is 2.33. The second kappa shape index (κ2) is 5.58. The highest BCUT2D eigenvalue weighted by atomic mass is 79.9. The van der Waals surface area contributed by atoms with Crippen LogP contribution in [0.5, 0.6) is 0 Å². The molecule has 0 saturated carbocycles. The number of aliphatic hydroxyl groups is 1. The van der Waals surface area contributed by atoms with Crippen molar-refractivity contribution in [1.29, 1.82) is 0 Å². The van der Waals surface area contributed by atoms with Crippen LogP contribution in [-0.4, -0.2) is 26.5 Å². The van der Waals surface area contributed by atoms with Crippen LogP contribution in [0.25, 0.3) is 10.9 Å². The Morgan fingerprint density at radius 1 is 1.50 bits per heavy atom. The second-order valence-corrected chi connectivity index (χ2v) is 4.67. The Bertz CT molecular complexity index is 615. The Morgan fingerprint density at radius 3 is 3.00 bits per heavy atom. The van der Waals surface area contributed by atoms with Crippen LogP contribution in [0.4, 0.5) is 4.39 Å². The number of aromatic amines is 1. The predicted octanol–water partition coefficient (Wildman–Crippen LogP) is 1.75. The van der Waals surface area contributed by atoms with Crippen molar-refractivity contribution in [2.75, 3.05) is 5.33 Å². The second-order valence-electron chi connectivity index (χ2n) is 4.02. The largest absolute Gasteiger partial charge is 0.392 e. The van der Waals surface area contributed by atoms with Gasteiger partial charge in [0, 0.05) is 17.8 Å². The Labute approximate surface area is 111 Å². The van der Waals surface area contributed by atoms with Gasteiger partial charge in [-0.15, -0.1) is 0 Å². The fraction of sp³-hybridized carbons (Fsp3) is 0.333. The van der Waals surface area contributed by atoms with Crippen molar-refractivity contribution >= 4 is 26.8 Å². The number of hydrogen-bond acceptors (Lipinski definition) is 3. The van der Waals surface area contributed by atoms with Crippen molar-refractivity contribution in [2.24, 2.45) is 0 Å². The number of halogens is 2. The van der Waals surface area contributed by atoms with Gasteiger partial charge in [0.2, 0.25) is 0 Å². The molecule has 0 aliphatic carbocycles. The molecule has 0 amide bonds. The summed E-state index contributed by atoms with van der Waals surface area (Å²) >= 11 is 3.16. The Morgan fingerprint density at radius 2 is 2.28 bits per heavy atom. The standard InChI is InChI=1S/C12H12BrFN2O2/c13-6-8(17)2-4-11-15-10-5-7(14)1-3-9(10)12(18)16-11/h1,3,5,8,17H,2,4,6H2,(H,15,16,18). The number of nitrogens with one attached hydrogen (secondary N) is 1. The lowest BCUT2D eigenvalue weighted by Crippen LogP contribution is -2.15. The molecule has 1 aromatic carbocycles. The lowest BCUT2D eigenvalue weighted by Gasteiger charge is -2.06. The smallest absolute Gasteiger partial charge is 0.258 e. The number of fused-ring (bicyclic) bond motifs is 1. The molecule has 2 aromatic rings. The molecule has 0 aliphatic heterocycles. The molecule has 1 aromatic heterocycles. The Hall–Kier alpha value is -1.27. The van der Waals surface area contributed by atoms with Crippen molar-refractivity contribution in [3.05, 3.63) is 40.2 Å². The molecule has 96 valence electrons. The van der Waals surface area contributed by atoms with E-state index in [2.05, 4.69) is 25.9 Å². The zero-order chi connectivity index (χ0) is 13.1. The van der Waals surface area contributed by atoms with Crippen molar-refractivity contribution in [3.8, 4) is 0 Å². The molecule has 2 N–H and O–H groups in total. The molecule has 18 heavy (non-hydrogen) atoms. The predicted molar refractivity (Wildman–Crippen MR) is 70.4 cm³/mol. The number of nitrogens with zero attached hydrogens (tertiary/aromatic N) is 1. The molecule has 0 bridgehead atoms. The first-order valence-corrected chi connectivity index (χ1v) is 6.65. The number of alkyl halides is 1. The molecule has 2 rings (SSSR count). The molecule has 1 heterocycles. The minimum atomic E-state index is -0.487. The third kappa shape index (κ3) is 2.94. The number of H-pyrrole nitrogens is 1. The van der Waals surface area contributed by atoms with E-state index in [-0.39, 0.29) is 5.56 Å². The maximum absolute atomic E-state index is 13.1. The minimum Gasteiger partial charge on any atom is -0.392 e. The number of aliphatic hydroxyl groups excluding tert-OH is 1. The molecule has 0 spiro atoms. The number of aryl methyl sites for hydroxylation is 1. The zero-order valence-electron chi connectivity index (χ0n) is 9.49. The van der Waals surface area contributed by atoms with E-state index < -0.39 is 11.9 Å².